The first kappa shape index (κ1) is 35.2. The van der Waals surface area contributed by atoms with Crippen LogP contribution in [-0.2, 0) is 9.59 Å². The Bertz CT molecular complexity index is 1430. The van der Waals surface area contributed by atoms with Crippen molar-refractivity contribution in [3.8, 4) is 0 Å². The maximum atomic E-state index is 14.1. The van der Waals surface area contributed by atoms with Gasteiger partial charge in [0.05, 0.1) is 17.4 Å². The maximum absolute atomic E-state index is 14.1. The van der Waals surface area contributed by atoms with Gasteiger partial charge in [0, 0.05) is 25.7 Å². The summed E-state index contributed by atoms with van der Waals surface area (Å²) in [5.41, 5.74) is 3.13. The lowest BCUT2D eigenvalue weighted by Crippen LogP contribution is -2.62. The molecule has 5 aliphatic carbocycles. The molecule has 0 radical (unpaired) electrons. The number of nitrogens with zero attached hydrogens (tertiary/aromatic N) is 1. The largest absolute Gasteiger partial charge is 0.481 e. The number of carbonyl (C=O) groups excluding carboxylic acids is 1. The predicted molar refractivity (Wildman–Crippen MR) is 189 cm³/mol. The van der Waals surface area contributed by atoms with Crippen LogP contribution in [0.15, 0.2) is 30.3 Å². The van der Waals surface area contributed by atoms with Gasteiger partial charge in [0.2, 0.25) is 5.91 Å². The van der Waals surface area contributed by atoms with Gasteiger partial charge in [0.1, 0.15) is 0 Å². The Kier molecular flexibility index (Phi) is 9.45. The van der Waals surface area contributed by atoms with Crippen molar-refractivity contribution in [3.63, 3.8) is 0 Å². The third-order valence-electron chi connectivity index (χ3n) is 15.0. The van der Waals surface area contributed by atoms with Gasteiger partial charge in [-0.1, -0.05) is 52.3 Å². The lowest BCUT2D eigenvalue weighted by molar-refractivity contribution is -0.181. The number of aliphatic carboxylic acids is 1. The van der Waals surface area contributed by atoms with Crippen LogP contribution in [0.5, 0.6) is 0 Å². The molecule has 0 bridgehead atoms. The Balaban J connectivity index is 1.17. The van der Waals surface area contributed by atoms with E-state index in [9.17, 15) is 24.6 Å². The fraction of sp³-hybridized carbons (Fsp3) is 0.732. The number of allylic oxidation sites excluding steroid dienone is 2. The van der Waals surface area contributed by atoms with Gasteiger partial charge in [-0.25, -0.2) is 4.79 Å². The van der Waals surface area contributed by atoms with Crippen LogP contribution in [0.1, 0.15) is 128 Å². The molecular formula is C41H60N2O5. The van der Waals surface area contributed by atoms with Crippen molar-refractivity contribution >= 4 is 23.4 Å². The molecule has 7 heteroatoms. The summed E-state index contributed by atoms with van der Waals surface area (Å²) in [6, 6.07) is 7.74. The molecule has 0 spiro atoms. The highest BCUT2D eigenvalue weighted by atomic mass is 16.4. The second-order valence-corrected chi connectivity index (χ2v) is 17.7. The van der Waals surface area contributed by atoms with Crippen LogP contribution >= 0.6 is 0 Å². The highest BCUT2D eigenvalue weighted by molar-refractivity contribution is 5.88. The summed E-state index contributed by atoms with van der Waals surface area (Å²) in [5, 5.41) is 22.0. The van der Waals surface area contributed by atoms with Gasteiger partial charge in [-0.15, -0.1) is 0 Å². The van der Waals surface area contributed by atoms with Crippen LogP contribution in [0.4, 0.5) is 0 Å². The molecule has 1 aromatic rings. The molecule has 4 saturated carbocycles. The average molecular weight is 661 g/mol. The first-order chi connectivity index (χ1) is 22.6. The number of nitrogens with one attached hydrogen (secondary N) is 1. The number of carbonyl (C=O) groups is 3. The Morgan fingerprint density at radius 3 is 2.25 bits per heavy atom. The summed E-state index contributed by atoms with van der Waals surface area (Å²) in [7, 11) is 0. The van der Waals surface area contributed by atoms with Crippen molar-refractivity contribution < 1.29 is 24.6 Å². The summed E-state index contributed by atoms with van der Waals surface area (Å²) in [6.07, 6.45) is 14.1. The number of rotatable bonds is 10. The summed E-state index contributed by atoms with van der Waals surface area (Å²) < 4.78 is 0. The molecule has 0 aromatic heterocycles. The second-order valence-electron chi connectivity index (χ2n) is 17.7. The Morgan fingerprint density at radius 1 is 0.854 bits per heavy atom. The van der Waals surface area contributed by atoms with E-state index in [-0.39, 0.29) is 40.0 Å². The summed E-state index contributed by atoms with van der Waals surface area (Å²) in [4.78, 5) is 38.9. The molecule has 8 unspecified atom stereocenters. The molecule has 0 heterocycles. The van der Waals surface area contributed by atoms with Gasteiger partial charge in [-0.3, -0.25) is 14.5 Å². The molecule has 6 rings (SSSR count). The molecule has 5 aliphatic rings. The monoisotopic (exact) mass is 660 g/mol. The van der Waals surface area contributed by atoms with Crippen LogP contribution in [0, 0.1) is 51.2 Å². The number of hydrogen-bond acceptors (Lipinski definition) is 4. The third-order valence-corrected chi connectivity index (χ3v) is 15.0. The average Bonchev–Trinajstić information content (AvgIpc) is 3.48. The van der Waals surface area contributed by atoms with E-state index in [4.69, 9.17) is 0 Å². The molecule has 3 N–H and O–H groups in total. The van der Waals surface area contributed by atoms with Crippen molar-refractivity contribution in [1.29, 1.82) is 0 Å². The minimum absolute atomic E-state index is 0.0000472. The van der Waals surface area contributed by atoms with Crippen LogP contribution < -0.4 is 5.32 Å². The van der Waals surface area contributed by atoms with Crippen LogP contribution in [0.3, 0.4) is 0 Å². The van der Waals surface area contributed by atoms with E-state index in [0.717, 1.165) is 37.7 Å². The number of carboxylic acids is 2. The molecule has 0 saturated heterocycles. The number of aromatic carboxylic acids is 1. The quantitative estimate of drug-likeness (QED) is 0.234. The molecule has 264 valence electrons. The zero-order valence-corrected chi connectivity index (χ0v) is 30.3. The van der Waals surface area contributed by atoms with Gasteiger partial charge in [0.15, 0.2) is 0 Å². The van der Waals surface area contributed by atoms with Gasteiger partial charge in [-0.05, 0) is 141 Å². The lowest BCUT2D eigenvalue weighted by Gasteiger charge is -2.68. The molecule has 0 aliphatic heterocycles. The molecule has 8 atom stereocenters. The molecule has 4 fully saturated rings. The number of carboxylic acid groups (broad SMARTS) is 2. The van der Waals surface area contributed by atoms with Gasteiger partial charge in [-0.2, -0.15) is 0 Å². The number of hydrogen-bond donors (Lipinski definition) is 3. The Morgan fingerprint density at radius 2 is 1.58 bits per heavy atom. The van der Waals surface area contributed by atoms with Crippen LogP contribution in [0.25, 0.3) is 5.57 Å². The van der Waals surface area contributed by atoms with Crippen molar-refractivity contribution in [2.45, 2.75) is 118 Å². The minimum Gasteiger partial charge on any atom is -0.481 e. The number of fused-ring (bicyclic) bond motifs is 7. The topological polar surface area (TPSA) is 107 Å². The SMILES string of the molecule is CC(C)N(CCNC(=O)C12CCCC1C1CCC3C(C)(CCC4C(C)(C)C(c5ccc(C(=O)O)cc5)=CCC43C)C1CC2)CCC(=O)O. The van der Waals surface area contributed by atoms with E-state index in [1.807, 2.05) is 12.1 Å². The summed E-state index contributed by atoms with van der Waals surface area (Å²) in [5.74, 6) is 1.58. The second kappa shape index (κ2) is 12.9. The summed E-state index contributed by atoms with van der Waals surface area (Å²) in [6.45, 7) is 16.0. The van der Waals surface area contributed by atoms with Crippen molar-refractivity contribution in [2.24, 2.45) is 51.2 Å². The van der Waals surface area contributed by atoms with Gasteiger partial charge >= 0.3 is 11.9 Å². The standard InChI is InChI=1S/C41H60N2O5/c1-26(2)43(24-18-35(44)45)25-23-42-37(48)41-19-7-8-32(41)29-13-14-34-39(5,31(29)16-22-41)21-17-33-38(3,4)30(15-20-40(33,34)6)27-9-11-28(12-10-27)36(46)47/h9-12,15,26,29,31-34H,7-8,13-14,16-25H2,1-6H3,(H,42,48)(H,44,45)(H,46,47). The first-order valence-corrected chi connectivity index (χ1v) is 18.9. The van der Waals surface area contributed by atoms with Gasteiger partial charge < -0.3 is 15.5 Å². The minimum atomic E-state index is -0.880. The van der Waals surface area contributed by atoms with E-state index >= 15 is 0 Å². The lowest BCUT2D eigenvalue weighted by atomic mass is 9.36. The normalized spacial score (nSPS) is 36.8. The number of amides is 1. The number of benzene rings is 1. The van der Waals surface area contributed by atoms with Crippen molar-refractivity contribution in [1.82, 2.24) is 10.2 Å². The van der Waals surface area contributed by atoms with Crippen molar-refractivity contribution in [2.75, 3.05) is 19.6 Å². The Labute approximate surface area is 288 Å². The van der Waals surface area contributed by atoms with Gasteiger partial charge in [0.25, 0.3) is 0 Å². The molecular weight excluding hydrogens is 600 g/mol. The fourth-order valence-electron chi connectivity index (χ4n) is 12.9. The van der Waals surface area contributed by atoms with Crippen LogP contribution in [0.2, 0.25) is 0 Å². The molecule has 7 nitrogen and oxygen atoms in total. The third kappa shape index (κ3) is 5.74. The summed E-state index contributed by atoms with van der Waals surface area (Å²) >= 11 is 0. The smallest absolute Gasteiger partial charge is 0.335 e. The van der Waals surface area contributed by atoms with Crippen LogP contribution in [-0.4, -0.2) is 58.6 Å². The maximum Gasteiger partial charge on any atom is 0.335 e. The fourth-order valence-corrected chi connectivity index (χ4v) is 12.9. The van der Waals surface area contributed by atoms with E-state index in [0.29, 0.717) is 54.8 Å². The molecule has 48 heavy (non-hydrogen) atoms. The van der Waals surface area contributed by atoms with E-state index < -0.39 is 11.9 Å². The first-order valence-electron chi connectivity index (χ1n) is 18.9. The molecule has 1 amide bonds. The highest BCUT2D eigenvalue weighted by Gasteiger charge is 2.66. The van der Waals surface area contributed by atoms with E-state index in [2.05, 4.69) is 57.8 Å². The van der Waals surface area contributed by atoms with E-state index in [1.54, 1.807) is 12.1 Å². The predicted octanol–water partition coefficient (Wildman–Crippen LogP) is 8.14. The zero-order valence-electron chi connectivity index (χ0n) is 30.3. The Hall–Kier alpha value is -2.67. The van der Waals surface area contributed by atoms with Crippen molar-refractivity contribution in [3.05, 3.63) is 41.5 Å². The highest BCUT2D eigenvalue weighted by Crippen LogP contribution is 2.73. The molecule has 1 aromatic carbocycles. The zero-order chi connectivity index (χ0) is 34.6. The van der Waals surface area contributed by atoms with E-state index in [1.165, 1.54) is 37.7 Å².